The molecule has 2 N–H and O–H groups in total. The van der Waals surface area contributed by atoms with Crippen LogP contribution < -0.4 is 10.6 Å². The van der Waals surface area contributed by atoms with E-state index >= 15 is 0 Å². The summed E-state index contributed by atoms with van der Waals surface area (Å²) in [5.74, 6) is 2.13. The highest BCUT2D eigenvalue weighted by Crippen LogP contribution is 2.17. The number of hydrogen-bond donors (Lipinski definition) is 2. The van der Waals surface area contributed by atoms with Gasteiger partial charge in [-0.2, -0.15) is 0 Å². The van der Waals surface area contributed by atoms with E-state index in [1.165, 1.54) is 12.8 Å². The highest BCUT2D eigenvalue weighted by Gasteiger charge is 2.14. The second kappa shape index (κ2) is 6.54. The van der Waals surface area contributed by atoms with E-state index in [4.69, 9.17) is 4.42 Å². The summed E-state index contributed by atoms with van der Waals surface area (Å²) in [5.41, 5.74) is 0. The highest BCUT2D eigenvalue weighted by molar-refractivity contribution is 5.75. The van der Waals surface area contributed by atoms with E-state index < -0.39 is 0 Å². The van der Waals surface area contributed by atoms with E-state index in [1.807, 2.05) is 6.92 Å². The van der Waals surface area contributed by atoms with E-state index in [9.17, 15) is 4.79 Å². The van der Waals surface area contributed by atoms with Crippen molar-refractivity contribution in [3.05, 3.63) is 17.8 Å². The number of carbonyl (C=O) groups excluding carboxylic acids is 1. The third-order valence-electron chi connectivity index (χ3n) is 3.34. The van der Waals surface area contributed by atoms with Crippen molar-refractivity contribution in [2.45, 2.75) is 39.2 Å². The molecule has 1 saturated heterocycles. The Morgan fingerprint density at radius 2 is 2.33 bits per heavy atom. The van der Waals surface area contributed by atoms with Crippen LogP contribution in [-0.2, 0) is 11.3 Å². The molecule has 0 atom stereocenters. The van der Waals surface area contributed by atoms with E-state index in [0.717, 1.165) is 25.3 Å². The second-order valence-corrected chi connectivity index (χ2v) is 4.87. The Morgan fingerprint density at radius 3 is 3.00 bits per heavy atom. The lowest BCUT2D eigenvalue weighted by molar-refractivity contribution is -0.121. The number of aromatic nitrogens is 1. The molecule has 0 unspecified atom stereocenters. The number of piperidine rings is 1. The predicted octanol–water partition coefficient (Wildman–Crippen LogP) is 1.38. The zero-order valence-electron chi connectivity index (χ0n) is 10.9. The van der Waals surface area contributed by atoms with Crippen LogP contribution in [0.1, 0.15) is 37.3 Å². The maximum absolute atomic E-state index is 11.7. The van der Waals surface area contributed by atoms with Gasteiger partial charge in [0.2, 0.25) is 11.8 Å². The van der Waals surface area contributed by atoms with Gasteiger partial charge in [0.15, 0.2) is 0 Å². The smallest absolute Gasteiger partial charge is 0.220 e. The van der Waals surface area contributed by atoms with Gasteiger partial charge in [0.1, 0.15) is 5.76 Å². The average Bonchev–Trinajstić information content (AvgIpc) is 2.81. The number of hydrogen-bond acceptors (Lipinski definition) is 4. The number of rotatable bonds is 5. The molecule has 5 heteroatoms. The van der Waals surface area contributed by atoms with Crippen molar-refractivity contribution >= 4 is 5.91 Å². The minimum atomic E-state index is 0.0874. The number of nitrogens with one attached hydrogen (secondary N) is 2. The predicted molar refractivity (Wildman–Crippen MR) is 67.9 cm³/mol. The van der Waals surface area contributed by atoms with Crippen molar-refractivity contribution in [1.29, 1.82) is 0 Å². The van der Waals surface area contributed by atoms with E-state index in [1.54, 1.807) is 6.20 Å². The maximum Gasteiger partial charge on any atom is 0.220 e. The fraction of sp³-hybridized carbons (Fsp3) is 0.692. The van der Waals surface area contributed by atoms with Crippen LogP contribution in [0.15, 0.2) is 10.6 Å². The number of nitrogens with zero attached hydrogens (tertiary/aromatic N) is 1. The van der Waals surface area contributed by atoms with Gasteiger partial charge in [-0.1, -0.05) is 0 Å². The lowest BCUT2D eigenvalue weighted by Gasteiger charge is -2.22. The largest absolute Gasteiger partial charge is 0.444 e. The van der Waals surface area contributed by atoms with Gasteiger partial charge >= 0.3 is 0 Å². The summed E-state index contributed by atoms with van der Waals surface area (Å²) in [6, 6.07) is 0. The van der Waals surface area contributed by atoms with Gasteiger partial charge in [-0.15, -0.1) is 0 Å². The minimum absolute atomic E-state index is 0.0874. The summed E-state index contributed by atoms with van der Waals surface area (Å²) >= 11 is 0. The molecule has 1 aliphatic rings. The molecule has 0 aromatic carbocycles. The van der Waals surface area contributed by atoms with Gasteiger partial charge in [0.05, 0.1) is 12.7 Å². The average molecular weight is 251 g/mol. The van der Waals surface area contributed by atoms with E-state index in [0.29, 0.717) is 24.8 Å². The summed E-state index contributed by atoms with van der Waals surface area (Å²) in [6.07, 6.45) is 5.62. The van der Waals surface area contributed by atoms with Crippen LogP contribution >= 0.6 is 0 Å². The van der Waals surface area contributed by atoms with E-state index in [-0.39, 0.29) is 5.91 Å². The first-order valence-corrected chi connectivity index (χ1v) is 6.63. The molecular formula is C13H21N3O2. The Kier molecular flexibility index (Phi) is 4.75. The third kappa shape index (κ3) is 4.14. The van der Waals surface area contributed by atoms with Crippen LogP contribution in [0, 0.1) is 12.8 Å². The summed E-state index contributed by atoms with van der Waals surface area (Å²) in [6.45, 7) is 4.40. The Labute approximate surface area is 107 Å². The molecule has 0 spiro atoms. The van der Waals surface area contributed by atoms with Crippen molar-refractivity contribution in [2.24, 2.45) is 5.92 Å². The van der Waals surface area contributed by atoms with Crippen LogP contribution in [0.25, 0.3) is 0 Å². The van der Waals surface area contributed by atoms with Crippen LogP contribution in [-0.4, -0.2) is 24.0 Å². The first-order valence-electron chi connectivity index (χ1n) is 6.63. The Bertz CT molecular complexity index is 383. The fourth-order valence-corrected chi connectivity index (χ4v) is 2.25. The van der Waals surface area contributed by atoms with Gasteiger partial charge in [-0.25, -0.2) is 4.98 Å². The van der Waals surface area contributed by atoms with Gasteiger partial charge in [-0.3, -0.25) is 4.79 Å². The third-order valence-corrected chi connectivity index (χ3v) is 3.34. The normalized spacial score (nSPS) is 16.7. The second-order valence-electron chi connectivity index (χ2n) is 4.87. The summed E-state index contributed by atoms with van der Waals surface area (Å²) in [7, 11) is 0. The molecule has 5 nitrogen and oxygen atoms in total. The zero-order chi connectivity index (χ0) is 12.8. The molecule has 1 aromatic rings. The van der Waals surface area contributed by atoms with Crippen LogP contribution in [0.2, 0.25) is 0 Å². The minimum Gasteiger partial charge on any atom is -0.444 e. The first-order chi connectivity index (χ1) is 8.74. The van der Waals surface area contributed by atoms with Crippen LogP contribution in [0.5, 0.6) is 0 Å². The fourth-order valence-electron chi connectivity index (χ4n) is 2.25. The quantitative estimate of drug-likeness (QED) is 0.829. The topological polar surface area (TPSA) is 67.2 Å². The molecule has 18 heavy (non-hydrogen) atoms. The van der Waals surface area contributed by atoms with Crippen molar-refractivity contribution in [2.75, 3.05) is 13.1 Å². The first kappa shape index (κ1) is 13.1. The van der Waals surface area contributed by atoms with Gasteiger partial charge in [0, 0.05) is 6.42 Å². The summed E-state index contributed by atoms with van der Waals surface area (Å²) in [4.78, 5) is 15.7. The van der Waals surface area contributed by atoms with Crippen molar-refractivity contribution < 1.29 is 9.21 Å². The van der Waals surface area contributed by atoms with E-state index in [2.05, 4.69) is 15.6 Å². The number of amides is 1. The summed E-state index contributed by atoms with van der Waals surface area (Å²) < 4.78 is 5.29. The Hall–Kier alpha value is -1.36. The molecule has 1 aliphatic heterocycles. The molecule has 0 aliphatic carbocycles. The molecular weight excluding hydrogens is 230 g/mol. The molecule has 0 saturated carbocycles. The molecule has 0 radical (unpaired) electrons. The van der Waals surface area contributed by atoms with Gasteiger partial charge in [0.25, 0.3) is 0 Å². The van der Waals surface area contributed by atoms with Crippen LogP contribution in [0.4, 0.5) is 0 Å². The van der Waals surface area contributed by atoms with Crippen molar-refractivity contribution in [3.8, 4) is 0 Å². The molecule has 1 amide bonds. The monoisotopic (exact) mass is 251 g/mol. The SMILES string of the molecule is Cc1cnc(CNC(=O)CCC2CCNCC2)o1. The van der Waals surface area contributed by atoms with Crippen molar-refractivity contribution in [3.63, 3.8) is 0 Å². The van der Waals surface area contributed by atoms with Crippen molar-refractivity contribution in [1.82, 2.24) is 15.6 Å². The number of aryl methyl sites for hydroxylation is 1. The molecule has 2 heterocycles. The Morgan fingerprint density at radius 1 is 1.56 bits per heavy atom. The lowest BCUT2D eigenvalue weighted by Crippen LogP contribution is -2.29. The molecule has 1 fully saturated rings. The molecule has 0 bridgehead atoms. The number of carbonyl (C=O) groups is 1. The lowest BCUT2D eigenvalue weighted by atomic mass is 9.93. The molecule has 1 aromatic heterocycles. The molecule has 100 valence electrons. The summed E-state index contributed by atoms with van der Waals surface area (Å²) in [5, 5.41) is 6.17. The van der Waals surface area contributed by atoms with Crippen LogP contribution in [0.3, 0.4) is 0 Å². The highest BCUT2D eigenvalue weighted by atomic mass is 16.4. The standard InChI is InChI=1S/C13H21N3O2/c1-10-8-16-13(18-10)9-15-12(17)3-2-11-4-6-14-7-5-11/h8,11,14H,2-7,9H2,1H3,(H,15,17). The zero-order valence-corrected chi connectivity index (χ0v) is 10.9. The Balaban J connectivity index is 1.62. The van der Waals surface area contributed by atoms with Gasteiger partial charge in [-0.05, 0) is 45.2 Å². The van der Waals surface area contributed by atoms with Gasteiger partial charge < -0.3 is 15.1 Å². The maximum atomic E-state index is 11.7. The number of oxazole rings is 1. The molecule has 2 rings (SSSR count).